The lowest BCUT2D eigenvalue weighted by Gasteiger charge is -2.26. The van der Waals surface area contributed by atoms with E-state index in [4.69, 9.17) is 0 Å². The molecule has 0 bridgehead atoms. The van der Waals surface area contributed by atoms with E-state index in [-0.39, 0.29) is 0 Å². The fraction of sp³-hybridized carbons (Fsp3) is 0.444. The molecule has 0 N–H and O–H groups in total. The summed E-state index contributed by atoms with van der Waals surface area (Å²) in [5.41, 5.74) is 1.05. The second-order valence-corrected chi connectivity index (χ2v) is 8.25. The van der Waals surface area contributed by atoms with Gasteiger partial charge in [0, 0.05) is 26.7 Å². The Morgan fingerprint density at radius 3 is 2.35 bits per heavy atom. The van der Waals surface area contributed by atoms with Gasteiger partial charge in [-0.1, -0.05) is 55.3 Å². The molecule has 5 heteroatoms. The summed E-state index contributed by atoms with van der Waals surface area (Å²) in [6, 6.07) is 14.2. The Balaban J connectivity index is 1.83. The highest BCUT2D eigenvalue weighted by atomic mass is 32.2. The highest BCUT2D eigenvalue weighted by Crippen LogP contribution is 2.22. The first-order chi connectivity index (χ1) is 11.1. The fourth-order valence-electron chi connectivity index (χ4n) is 3.22. The zero-order valence-electron chi connectivity index (χ0n) is 13.6. The van der Waals surface area contributed by atoms with Crippen molar-refractivity contribution in [3.05, 3.63) is 48.0 Å². The SMILES string of the molecule is CN(Cc1cccc2ccccc12)S(=O)(=O)N1CCCCCC1. The highest BCUT2D eigenvalue weighted by molar-refractivity contribution is 7.86. The third kappa shape index (κ3) is 3.57. The number of benzene rings is 2. The molecular formula is C18H24N2O2S. The van der Waals surface area contributed by atoms with Crippen molar-refractivity contribution in [1.29, 1.82) is 0 Å². The molecule has 23 heavy (non-hydrogen) atoms. The maximum absolute atomic E-state index is 12.8. The Morgan fingerprint density at radius 1 is 0.957 bits per heavy atom. The van der Waals surface area contributed by atoms with Crippen LogP contribution < -0.4 is 0 Å². The molecular weight excluding hydrogens is 308 g/mol. The molecule has 1 aliphatic rings. The first kappa shape index (κ1) is 16.4. The van der Waals surface area contributed by atoms with E-state index in [0.29, 0.717) is 19.6 Å². The predicted molar refractivity (Wildman–Crippen MR) is 94.4 cm³/mol. The van der Waals surface area contributed by atoms with Crippen LogP contribution in [-0.2, 0) is 16.8 Å². The van der Waals surface area contributed by atoms with Crippen molar-refractivity contribution in [3.63, 3.8) is 0 Å². The average Bonchev–Trinajstić information content (AvgIpc) is 2.85. The van der Waals surface area contributed by atoms with E-state index in [0.717, 1.165) is 42.0 Å². The molecule has 3 rings (SSSR count). The van der Waals surface area contributed by atoms with Gasteiger partial charge in [0.25, 0.3) is 10.2 Å². The van der Waals surface area contributed by atoms with Crippen LogP contribution in [0.2, 0.25) is 0 Å². The van der Waals surface area contributed by atoms with Crippen LogP contribution in [0.3, 0.4) is 0 Å². The minimum atomic E-state index is -3.39. The van der Waals surface area contributed by atoms with E-state index in [1.807, 2.05) is 24.3 Å². The van der Waals surface area contributed by atoms with Crippen molar-refractivity contribution in [2.24, 2.45) is 0 Å². The van der Waals surface area contributed by atoms with Gasteiger partial charge in [-0.2, -0.15) is 17.0 Å². The summed E-state index contributed by atoms with van der Waals surface area (Å²) in [7, 11) is -1.70. The first-order valence-electron chi connectivity index (χ1n) is 8.27. The fourth-order valence-corrected chi connectivity index (χ4v) is 4.64. The summed E-state index contributed by atoms with van der Waals surface area (Å²) in [4.78, 5) is 0. The summed E-state index contributed by atoms with van der Waals surface area (Å²) >= 11 is 0. The van der Waals surface area contributed by atoms with Gasteiger partial charge in [0.15, 0.2) is 0 Å². The Morgan fingerprint density at radius 2 is 1.61 bits per heavy atom. The molecule has 124 valence electrons. The molecule has 0 atom stereocenters. The maximum Gasteiger partial charge on any atom is 0.282 e. The Labute approximate surface area is 138 Å². The van der Waals surface area contributed by atoms with E-state index in [9.17, 15) is 8.42 Å². The molecule has 2 aromatic rings. The van der Waals surface area contributed by atoms with Crippen molar-refractivity contribution >= 4 is 21.0 Å². The van der Waals surface area contributed by atoms with Crippen LogP contribution >= 0.6 is 0 Å². The van der Waals surface area contributed by atoms with Crippen LogP contribution in [0.25, 0.3) is 10.8 Å². The van der Waals surface area contributed by atoms with Crippen LogP contribution in [0.15, 0.2) is 42.5 Å². The lowest BCUT2D eigenvalue weighted by atomic mass is 10.0. The van der Waals surface area contributed by atoms with Gasteiger partial charge < -0.3 is 0 Å². The topological polar surface area (TPSA) is 40.6 Å². The molecule has 1 saturated heterocycles. The zero-order chi connectivity index (χ0) is 16.3. The van der Waals surface area contributed by atoms with Gasteiger partial charge >= 0.3 is 0 Å². The van der Waals surface area contributed by atoms with Gasteiger partial charge in [-0.3, -0.25) is 0 Å². The van der Waals surface area contributed by atoms with Crippen molar-refractivity contribution in [1.82, 2.24) is 8.61 Å². The molecule has 4 nitrogen and oxygen atoms in total. The van der Waals surface area contributed by atoms with Gasteiger partial charge in [-0.25, -0.2) is 0 Å². The average molecular weight is 332 g/mol. The van der Waals surface area contributed by atoms with Crippen molar-refractivity contribution in [2.75, 3.05) is 20.1 Å². The number of rotatable bonds is 4. The number of hydrogen-bond acceptors (Lipinski definition) is 2. The quantitative estimate of drug-likeness (QED) is 0.861. The van der Waals surface area contributed by atoms with Crippen molar-refractivity contribution in [2.45, 2.75) is 32.2 Å². The van der Waals surface area contributed by atoms with Crippen LogP contribution in [0.4, 0.5) is 0 Å². The smallest absolute Gasteiger partial charge is 0.195 e. The van der Waals surface area contributed by atoms with E-state index < -0.39 is 10.2 Å². The van der Waals surface area contributed by atoms with E-state index in [1.54, 1.807) is 11.4 Å². The lowest BCUT2D eigenvalue weighted by molar-refractivity contribution is 0.363. The minimum absolute atomic E-state index is 0.403. The number of fused-ring (bicyclic) bond motifs is 1. The predicted octanol–water partition coefficient (Wildman–Crippen LogP) is 3.39. The standard InChI is InChI=1S/C18H24N2O2S/c1-19(23(21,22)20-13-6-2-3-7-14-20)15-17-11-8-10-16-9-4-5-12-18(16)17/h4-5,8-12H,2-3,6-7,13-15H2,1H3. The molecule has 0 aromatic heterocycles. The first-order valence-corrected chi connectivity index (χ1v) is 9.67. The van der Waals surface area contributed by atoms with Crippen molar-refractivity contribution in [3.8, 4) is 0 Å². The summed E-state index contributed by atoms with van der Waals surface area (Å²) in [6.45, 7) is 1.69. The largest absolute Gasteiger partial charge is 0.282 e. The normalized spacial score (nSPS) is 17.5. The molecule has 1 fully saturated rings. The third-order valence-corrected chi connectivity index (χ3v) is 6.49. The van der Waals surface area contributed by atoms with E-state index in [1.165, 1.54) is 4.31 Å². The minimum Gasteiger partial charge on any atom is -0.195 e. The summed E-state index contributed by atoms with van der Waals surface area (Å²) < 4.78 is 28.8. The van der Waals surface area contributed by atoms with E-state index >= 15 is 0 Å². The molecule has 0 unspecified atom stereocenters. The Bertz CT molecular complexity index is 760. The second-order valence-electron chi connectivity index (χ2n) is 6.22. The molecule has 0 radical (unpaired) electrons. The summed E-state index contributed by atoms with van der Waals surface area (Å²) in [6.07, 6.45) is 4.17. The van der Waals surface area contributed by atoms with Gasteiger partial charge in [-0.15, -0.1) is 0 Å². The monoisotopic (exact) mass is 332 g/mol. The third-order valence-electron chi connectivity index (χ3n) is 4.56. The Hall–Kier alpha value is -1.43. The highest BCUT2D eigenvalue weighted by Gasteiger charge is 2.27. The Kier molecular flexibility index (Phi) is 4.99. The number of nitrogens with zero attached hydrogens (tertiary/aromatic N) is 2. The molecule has 0 aliphatic carbocycles. The molecule has 0 saturated carbocycles. The van der Waals surface area contributed by atoms with E-state index in [2.05, 4.69) is 18.2 Å². The van der Waals surface area contributed by atoms with Crippen LogP contribution in [0, 0.1) is 0 Å². The molecule has 2 aromatic carbocycles. The zero-order valence-corrected chi connectivity index (χ0v) is 14.4. The molecule has 1 heterocycles. The second kappa shape index (κ2) is 6.99. The van der Waals surface area contributed by atoms with Gasteiger partial charge in [0.2, 0.25) is 0 Å². The lowest BCUT2D eigenvalue weighted by Crippen LogP contribution is -2.42. The summed E-state index contributed by atoms with van der Waals surface area (Å²) in [5, 5.41) is 2.26. The van der Waals surface area contributed by atoms with Gasteiger partial charge in [0.05, 0.1) is 0 Å². The van der Waals surface area contributed by atoms with Gasteiger partial charge in [0.1, 0.15) is 0 Å². The molecule has 1 aliphatic heterocycles. The molecule has 0 spiro atoms. The van der Waals surface area contributed by atoms with Crippen LogP contribution in [-0.4, -0.2) is 37.2 Å². The maximum atomic E-state index is 12.8. The van der Waals surface area contributed by atoms with Crippen molar-refractivity contribution < 1.29 is 8.42 Å². The van der Waals surface area contributed by atoms with Crippen LogP contribution in [0.5, 0.6) is 0 Å². The number of hydrogen-bond donors (Lipinski definition) is 0. The van der Waals surface area contributed by atoms with Gasteiger partial charge in [-0.05, 0) is 29.2 Å². The van der Waals surface area contributed by atoms with Crippen LogP contribution in [0.1, 0.15) is 31.2 Å². The molecule has 0 amide bonds. The summed E-state index contributed by atoms with van der Waals surface area (Å²) in [5.74, 6) is 0.